The van der Waals surface area contributed by atoms with Crippen LogP contribution in [0.15, 0.2) is 48.5 Å². The van der Waals surface area contributed by atoms with Crippen LogP contribution in [0.4, 0.5) is 14.9 Å². The molecule has 12 heteroatoms. The highest BCUT2D eigenvalue weighted by molar-refractivity contribution is 5.95. The highest BCUT2D eigenvalue weighted by Crippen LogP contribution is 2.43. The first-order chi connectivity index (χ1) is 20.4. The van der Waals surface area contributed by atoms with Crippen LogP contribution < -0.4 is 10.6 Å². The number of amides is 4. The SMILES string of the molecule is COC(=O)Cc1cccc(NC(=O)NCC(=O)N2C(C(=O)N3CCCC(C)(C)C3)CC(C(=O)O)C2c2ccccc2F)c1. The molecule has 3 unspecified atom stereocenters. The minimum atomic E-state index is -1.25. The Kier molecular flexibility index (Phi) is 9.67. The number of carbonyl (C=O) groups excluding carboxylic acids is 4. The molecule has 230 valence electrons. The Morgan fingerprint density at radius 2 is 1.84 bits per heavy atom. The third kappa shape index (κ3) is 7.49. The van der Waals surface area contributed by atoms with E-state index in [0.29, 0.717) is 24.3 Å². The number of halogens is 1. The number of benzene rings is 2. The Morgan fingerprint density at radius 1 is 1.09 bits per heavy atom. The number of esters is 1. The number of carboxylic acid groups (broad SMARTS) is 1. The molecule has 3 atom stereocenters. The molecule has 43 heavy (non-hydrogen) atoms. The van der Waals surface area contributed by atoms with Crippen molar-refractivity contribution in [3.05, 3.63) is 65.5 Å². The molecule has 4 amide bonds. The lowest BCUT2D eigenvalue weighted by Crippen LogP contribution is -2.54. The van der Waals surface area contributed by atoms with Crippen molar-refractivity contribution >= 4 is 35.5 Å². The molecule has 0 spiro atoms. The van der Waals surface area contributed by atoms with Crippen LogP contribution in [-0.4, -0.2) is 77.5 Å². The molecule has 0 saturated carbocycles. The minimum Gasteiger partial charge on any atom is -0.481 e. The van der Waals surface area contributed by atoms with E-state index in [1.54, 1.807) is 35.2 Å². The van der Waals surface area contributed by atoms with Crippen molar-refractivity contribution in [1.82, 2.24) is 15.1 Å². The number of methoxy groups -OCH3 is 1. The molecular formula is C31H37FN4O7. The maximum absolute atomic E-state index is 15.1. The van der Waals surface area contributed by atoms with E-state index in [9.17, 15) is 29.1 Å². The van der Waals surface area contributed by atoms with E-state index >= 15 is 4.39 Å². The molecule has 2 aliphatic heterocycles. The number of hydrogen-bond donors (Lipinski definition) is 3. The summed E-state index contributed by atoms with van der Waals surface area (Å²) in [7, 11) is 1.27. The fraction of sp³-hybridized carbons (Fsp3) is 0.452. The predicted molar refractivity (Wildman–Crippen MR) is 154 cm³/mol. The molecule has 2 aliphatic rings. The van der Waals surface area contributed by atoms with Gasteiger partial charge in [-0.15, -0.1) is 0 Å². The van der Waals surface area contributed by atoms with Crippen LogP contribution in [0.3, 0.4) is 0 Å². The lowest BCUT2D eigenvalue weighted by molar-refractivity contribution is -0.147. The minimum absolute atomic E-state index is 0.00683. The number of ether oxygens (including phenoxy) is 1. The fourth-order valence-electron chi connectivity index (χ4n) is 5.98. The van der Waals surface area contributed by atoms with Crippen molar-refractivity contribution in [2.75, 3.05) is 32.1 Å². The first-order valence-corrected chi connectivity index (χ1v) is 14.2. The number of piperidine rings is 1. The van der Waals surface area contributed by atoms with E-state index in [4.69, 9.17) is 0 Å². The standard InChI is InChI=1S/C31H37FN4O7/c1-31(2)12-7-13-35(18-31)28(39)24-16-22(29(40)41)27(21-10-4-5-11-23(21)32)36(24)25(37)17-33-30(42)34-20-9-6-8-19(14-20)15-26(38)43-3/h4-6,8-11,14,22,24,27H,7,12-13,15-18H2,1-3H3,(H,40,41)(H2,33,34,42). The van der Waals surface area contributed by atoms with Gasteiger partial charge in [-0.25, -0.2) is 9.18 Å². The van der Waals surface area contributed by atoms with Gasteiger partial charge in [-0.05, 0) is 48.4 Å². The predicted octanol–water partition coefficient (Wildman–Crippen LogP) is 3.35. The Labute approximate surface area is 249 Å². The molecule has 0 radical (unpaired) electrons. The van der Waals surface area contributed by atoms with Crippen LogP contribution >= 0.6 is 0 Å². The first kappa shape index (κ1) is 31.5. The number of nitrogens with zero attached hydrogens (tertiary/aromatic N) is 2. The molecule has 2 fully saturated rings. The van der Waals surface area contributed by atoms with Crippen LogP contribution in [0.5, 0.6) is 0 Å². The molecule has 0 aromatic heterocycles. The van der Waals surface area contributed by atoms with Gasteiger partial charge in [-0.1, -0.05) is 44.2 Å². The average Bonchev–Trinajstić information content (AvgIpc) is 3.36. The summed E-state index contributed by atoms with van der Waals surface area (Å²) >= 11 is 0. The van der Waals surface area contributed by atoms with Gasteiger partial charge in [-0.3, -0.25) is 19.2 Å². The van der Waals surface area contributed by atoms with Crippen LogP contribution in [0, 0.1) is 17.2 Å². The van der Waals surface area contributed by atoms with Crippen molar-refractivity contribution in [2.24, 2.45) is 11.3 Å². The van der Waals surface area contributed by atoms with Crippen molar-refractivity contribution in [3.63, 3.8) is 0 Å². The van der Waals surface area contributed by atoms with Crippen molar-refractivity contribution in [2.45, 2.75) is 51.6 Å². The normalized spacial score (nSPS) is 21.2. The summed E-state index contributed by atoms with van der Waals surface area (Å²) in [6.45, 7) is 4.43. The van der Waals surface area contributed by atoms with Gasteiger partial charge in [0, 0.05) is 24.3 Å². The molecule has 4 rings (SSSR count). The van der Waals surface area contributed by atoms with Crippen molar-refractivity contribution in [1.29, 1.82) is 0 Å². The summed E-state index contributed by atoms with van der Waals surface area (Å²) in [4.78, 5) is 67.1. The molecule has 3 N–H and O–H groups in total. The summed E-state index contributed by atoms with van der Waals surface area (Å²) in [5.74, 6) is -4.74. The van der Waals surface area contributed by atoms with E-state index in [2.05, 4.69) is 15.4 Å². The number of anilines is 1. The highest BCUT2D eigenvalue weighted by atomic mass is 19.1. The molecule has 0 bridgehead atoms. The number of nitrogens with one attached hydrogen (secondary N) is 2. The summed E-state index contributed by atoms with van der Waals surface area (Å²) in [6.07, 6.45) is 1.51. The lowest BCUT2D eigenvalue weighted by Gasteiger charge is -2.40. The quantitative estimate of drug-likeness (QED) is 0.396. The second-order valence-electron chi connectivity index (χ2n) is 11.8. The Bertz CT molecular complexity index is 1400. The number of urea groups is 1. The van der Waals surface area contributed by atoms with Crippen molar-refractivity contribution in [3.8, 4) is 0 Å². The first-order valence-electron chi connectivity index (χ1n) is 14.2. The van der Waals surface area contributed by atoms with Gasteiger partial charge in [0.1, 0.15) is 11.9 Å². The Hall–Kier alpha value is -4.48. The zero-order valence-electron chi connectivity index (χ0n) is 24.5. The third-order valence-corrected chi connectivity index (χ3v) is 7.98. The van der Waals surface area contributed by atoms with Crippen LogP contribution in [-0.2, 0) is 30.3 Å². The zero-order chi connectivity index (χ0) is 31.3. The monoisotopic (exact) mass is 596 g/mol. The number of aliphatic carboxylic acids is 1. The van der Waals surface area contributed by atoms with Crippen molar-refractivity contribution < 1.29 is 38.2 Å². The highest BCUT2D eigenvalue weighted by Gasteiger charge is 2.52. The Balaban J connectivity index is 1.56. The number of carbonyl (C=O) groups is 5. The molecule has 0 aliphatic carbocycles. The maximum Gasteiger partial charge on any atom is 0.319 e. The van der Waals surface area contributed by atoms with Gasteiger partial charge in [0.25, 0.3) is 0 Å². The third-order valence-electron chi connectivity index (χ3n) is 7.98. The topological polar surface area (TPSA) is 145 Å². The largest absolute Gasteiger partial charge is 0.481 e. The molecular weight excluding hydrogens is 559 g/mol. The molecule has 2 aromatic rings. The Morgan fingerprint density at radius 3 is 2.51 bits per heavy atom. The number of carboxylic acids is 1. The second-order valence-corrected chi connectivity index (χ2v) is 11.8. The van der Waals surface area contributed by atoms with E-state index < -0.39 is 60.1 Å². The van der Waals surface area contributed by atoms with E-state index in [1.165, 1.54) is 25.3 Å². The summed E-state index contributed by atoms with van der Waals surface area (Å²) in [5, 5.41) is 15.2. The van der Waals surface area contributed by atoms with Crippen LogP contribution in [0.1, 0.15) is 50.3 Å². The fourth-order valence-corrected chi connectivity index (χ4v) is 5.98. The van der Waals surface area contributed by atoms with Gasteiger partial charge < -0.3 is 30.3 Å². The van der Waals surface area contributed by atoms with Gasteiger partial charge in [0.05, 0.1) is 32.0 Å². The summed E-state index contributed by atoms with van der Waals surface area (Å²) in [6, 6.07) is 8.98. The van der Waals surface area contributed by atoms with E-state index in [0.717, 1.165) is 17.7 Å². The maximum atomic E-state index is 15.1. The molecule has 2 saturated heterocycles. The second kappa shape index (κ2) is 13.2. The molecule has 11 nitrogen and oxygen atoms in total. The number of hydrogen-bond acceptors (Lipinski definition) is 6. The molecule has 2 aromatic carbocycles. The van der Waals surface area contributed by atoms with Gasteiger partial charge >= 0.3 is 18.0 Å². The zero-order valence-corrected chi connectivity index (χ0v) is 24.5. The van der Waals surface area contributed by atoms with Gasteiger partial charge in [0.2, 0.25) is 11.8 Å². The molecule has 2 heterocycles. The van der Waals surface area contributed by atoms with E-state index in [-0.39, 0.29) is 23.8 Å². The lowest BCUT2D eigenvalue weighted by atomic mass is 9.84. The van der Waals surface area contributed by atoms with Gasteiger partial charge in [0.15, 0.2) is 0 Å². The number of likely N-dealkylation sites (tertiary alicyclic amines) is 2. The van der Waals surface area contributed by atoms with Crippen LogP contribution in [0.2, 0.25) is 0 Å². The van der Waals surface area contributed by atoms with Gasteiger partial charge in [-0.2, -0.15) is 0 Å². The summed E-state index contributed by atoms with van der Waals surface area (Å²) in [5.41, 5.74) is 0.812. The summed E-state index contributed by atoms with van der Waals surface area (Å²) < 4.78 is 19.7. The average molecular weight is 597 g/mol. The smallest absolute Gasteiger partial charge is 0.319 e. The van der Waals surface area contributed by atoms with Crippen LogP contribution in [0.25, 0.3) is 0 Å². The number of rotatable bonds is 8. The van der Waals surface area contributed by atoms with E-state index in [1.807, 2.05) is 13.8 Å².